The molecule has 1 aromatic rings. The lowest BCUT2D eigenvalue weighted by molar-refractivity contribution is 0.00858. The van der Waals surface area contributed by atoms with E-state index in [1.54, 1.807) is 12.1 Å². The number of hydrogen-bond donors (Lipinski definition) is 2. The first-order valence-corrected chi connectivity index (χ1v) is 6.40. The number of aliphatic hydroxyl groups is 2. The van der Waals surface area contributed by atoms with Gasteiger partial charge in [-0.25, -0.2) is 4.39 Å². The van der Waals surface area contributed by atoms with Gasteiger partial charge in [0, 0.05) is 13.1 Å². The Kier molecular flexibility index (Phi) is 4.32. The minimum absolute atomic E-state index is 0.298. The van der Waals surface area contributed by atoms with Gasteiger partial charge in [0.1, 0.15) is 5.82 Å². The maximum absolute atomic E-state index is 12.8. The fourth-order valence-corrected chi connectivity index (χ4v) is 2.32. The summed E-state index contributed by atoms with van der Waals surface area (Å²) in [5, 5.41) is 19.9. The summed E-state index contributed by atoms with van der Waals surface area (Å²) in [6.07, 6.45) is -0.0116. The molecule has 0 saturated carbocycles. The fourth-order valence-electron chi connectivity index (χ4n) is 2.32. The van der Waals surface area contributed by atoms with Gasteiger partial charge < -0.3 is 10.2 Å². The van der Waals surface area contributed by atoms with Gasteiger partial charge in [0.25, 0.3) is 0 Å². The molecule has 0 radical (unpaired) electrons. The van der Waals surface area contributed by atoms with Gasteiger partial charge in [0.05, 0.1) is 12.2 Å². The molecule has 1 aliphatic heterocycles. The lowest BCUT2D eigenvalue weighted by Gasteiger charge is -2.35. The molecule has 2 N–H and O–H groups in total. The second-order valence-corrected chi connectivity index (χ2v) is 5.16. The number of hydrogen-bond acceptors (Lipinski definition) is 3. The van der Waals surface area contributed by atoms with E-state index in [1.165, 1.54) is 12.1 Å². The Bertz CT molecular complexity index is 382. The SMILES string of the molecule is CC1CCN(CC(O)c2ccc(F)cc2)CC1O. The Hall–Kier alpha value is -0.970. The van der Waals surface area contributed by atoms with Crippen molar-refractivity contribution in [3.05, 3.63) is 35.6 Å². The van der Waals surface area contributed by atoms with Crippen molar-refractivity contribution >= 4 is 0 Å². The molecule has 1 aromatic carbocycles. The van der Waals surface area contributed by atoms with Gasteiger partial charge in [-0.05, 0) is 36.6 Å². The van der Waals surface area contributed by atoms with Crippen LogP contribution in [0.1, 0.15) is 25.0 Å². The summed E-state index contributed by atoms with van der Waals surface area (Å²) in [6, 6.07) is 5.91. The highest BCUT2D eigenvalue weighted by molar-refractivity contribution is 5.18. The predicted octanol–water partition coefficient (Wildman–Crippen LogP) is 1.56. The Balaban J connectivity index is 1.91. The number of β-amino-alcohol motifs (C(OH)–C–C–N with tert-alkyl or cyclic N) is 2. The zero-order valence-electron chi connectivity index (χ0n) is 10.6. The van der Waals surface area contributed by atoms with Crippen LogP contribution in [0.3, 0.4) is 0 Å². The van der Waals surface area contributed by atoms with Gasteiger partial charge in [-0.3, -0.25) is 4.90 Å². The van der Waals surface area contributed by atoms with Crippen LogP contribution in [0.2, 0.25) is 0 Å². The highest BCUT2D eigenvalue weighted by Crippen LogP contribution is 2.20. The van der Waals surface area contributed by atoms with Crippen molar-refractivity contribution in [1.82, 2.24) is 4.90 Å². The molecule has 1 saturated heterocycles. The molecule has 0 spiro atoms. The maximum atomic E-state index is 12.8. The standard InChI is InChI=1S/C14H20FNO2/c1-10-6-7-16(8-13(10)17)9-14(18)11-2-4-12(15)5-3-11/h2-5,10,13-14,17-18H,6-9H2,1H3. The summed E-state index contributed by atoms with van der Waals surface area (Å²) in [5.74, 6) is 0.0254. The van der Waals surface area contributed by atoms with Crippen molar-refractivity contribution in [1.29, 1.82) is 0 Å². The first-order chi connectivity index (χ1) is 8.56. The first-order valence-electron chi connectivity index (χ1n) is 6.40. The zero-order chi connectivity index (χ0) is 13.1. The molecule has 0 bridgehead atoms. The molecule has 100 valence electrons. The van der Waals surface area contributed by atoms with Crippen LogP contribution in [-0.4, -0.2) is 40.9 Å². The highest BCUT2D eigenvalue weighted by Gasteiger charge is 2.25. The molecule has 18 heavy (non-hydrogen) atoms. The lowest BCUT2D eigenvalue weighted by Crippen LogP contribution is -2.44. The second-order valence-electron chi connectivity index (χ2n) is 5.16. The molecule has 3 unspecified atom stereocenters. The second kappa shape index (κ2) is 5.78. The van der Waals surface area contributed by atoms with E-state index in [9.17, 15) is 14.6 Å². The molecule has 2 rings (SSSR count). The summed E-state index contributed by atoms with van der Waals surface area (Å²) >= 11 is 0. The molecule has 0 amide bonds. The van der Waals surface area contributed by atoms with Gasteiger partial charge >= 0.3 is 0 Å². The quantitative estimate of drug-likeness (QED) is 0.859. The van der Waals surface area contributed by atoms with E-state index in [1.807, 2.05) is 6.92 Å². The van der Waals surface area contributed by atoms with Gasteiger partial charge in [-0.2, -0.15) is 0 Å². The number of aliphatic hydroxyl groups excluding tert-OH is 2. The third-order valence-corrected chi connectivity index (χ3v) is 3.69. The largest absolute Gasteiger partial charge is 0.392 e. The average molecular weight is 253 g/mol. The van der Waals surface area contributed by atoms with E-state index in [2.05, 4.69) is 4.90 Å². The number of halogens is 1. The molecular formula is C14H20FNO2. The number of likely N-dealkylation sites (tertiary alicyclic amines) is 1. The molecule has 1 aliphatic rings. The van der Waals surface area contributed by atoms with E-state index >= 15 is 0 Å². The van der Waals surface area contributed by atoms with Gasteiger partial charge in [-0.15, -0.1) is 0 Å². The summed E-state index contributed by atoms with van der Waals surface area (Å²) in [4.78, 5) is 2.05. The molecule has 1 heterocycles. The molecule has 0 aromatic heterocycles. The third-order valence-electron chi connectivity index (χ3n) is 3.69. The molecule has 3 atom stereocenters. The van der Waals surface area contributed by atoms with Gasteiger partial charge in [0.15, 0.2) is 0 Å². The Morgan fingerprint density at radius 2 is 2.06 bits per heavy atom. The number of nitrogens with zero attached hydrogens (tertiary/aromatic N) is 1. The molecule has 0 aliphatic carbocycles. The van der Waals surface area contributed by atoms with E-state index in [4.69, 9.17) is 0 Å². The summed E-state index contributed by atoms with van der Waals surface area (Å²) < 4.78 is 12.8. The maximum Gasteiger partial charge on any atom is 0.123 e. The normalized spacial score (nSPS) is 27.1. The molecule has 3 nitrogen and oxygen atoms in total. The molecular weight excluding hydrogens is 233 g/mol. The minimum Gasteiger partial charge on any atom is -0.392 e. The zero-order valence-corrected chi connectivity index (χ0v) is 10.6. The lowest BCUT2D eigenvalue weighted by atomic mass is 9.95. The first kappa shape index (κ1) is 13.5. The van der Waals surface area contributed by atoms with Crippen LogP contribution < -0.4 is 0 Å². The summed E-state index contributed by atoms with van der Waals surface area (Å²) in [5.41, 5.74) is 0.713. The van der Waals surface area contributed by atoms with Gasteiger partial charge in [0.2, 0.25) is 0 Å². The van der Waals surface area contributed by atoms with Crippen LogP contribution >= 0.6 is 0 Å². The van der Waals surface area contributed by atoms with Crippen LogP contribution in [0.5, 0.6) is 0 Å². The van der Waals surface area contributed by atoms with E-state index in [0.29, 0.717) is 24.6 Å². The van der Waals surface area contributed by atoms with Crippen LogP contribution in [0, 0.1) is 11.7 Å². The highest BCUT2D eigenvalue weighted by atomic mass is 19.1. The smallest absolute Gasteiger partial charge is 0.123 e. The van der Waals surface area contributed by atoms with Crippen molar-refractivity contribution in [2.45, 2.75) is 25.6 Å². The van der Waals surface area contributed by atoms with E-state index in [-0.39, 0.29) is 11.9 Å². The third kappa shape index (κ3) is 3.28. The van der Waals surface area contributed by atoms with Crippen LogP contribution in [0.25, 0.3) is 0 Å². The Morgan fingerprint density at radius 3 is 2.67 bits per heavy atom. The Morgan fingerprint density at radius 1 is 1.39 bits per heavy atom. The van der Waals surface area contributed by atoms with Crippen LogP contribution in [0.15, 0.2) is 24.3 Å². The van der Waals surface area contributed by atoms with E-state index < -0.39 is 6.10 Å². The van der Waals surface area contributed by atoms with Crippen LogP contribution in [-0.2, 0) is 0 Å². The molecule has 1 fully saturated rings. The van der Waals surface area contributed by atoms with Crippen molar-refractivity contribution in [3.8, 4) is 0 Å². The monoisotopic (exact) mass is 253 g/mol. The number of rotatable bonds is 3. The molecule has 4 heteroatoms. The predicted molar refractivity (Wildman–Crippen MR) is 67.6 cm³/mol. The topological polar surface area (TPSA) is 43.7 Å². The Labute approximate surface area is 107 Å². The number of benzene rings is 1. The van der Waals surface area contributed by atoms with Crippen molar-refractivity contribution in [2.24, 2.45) is 5.92 Å². The van der Waals surface area contributed by atoms with Crippen LogP contribution in [0.4, 0.5) is 4.39 Å². The fraction of sp³-hybridized carbons (Fsp3) is 0.571. The van der Waals surface area contributed by atoms with Crippen molar-refractivity contribution in [2.75, 3.05) is 19.6 Å². The van der Waals surface area contributed by atoms with Crippen molar-refractivity contribution in [3.63, 3.8) is 0 Å². The summed E-state index contributed by atoms with van der Waals surface area (Å²) in [6.45, 7) is 4.00. The van der Waals surface area contributed by atoms with E-state index in [0.717, 1.165) is 13.0 Å². The van der Waals surface area contributed by atoms with Gasteiger partial charge in [-0.1, -0.05) is 19.1 Å². The van der Waals surface area contributed by atoms with Crippen molar-refractivity contribution < 1.29 is 14.6 Å². The minimum atomic E-state index is -0.633. The number of piperidine rings is 1. The average Bonchev–Trinajstić information content (AvgIpc) is 2.34. The summed E-state index contributed by atoms with van der Waals surface area (Å²) in [7, 11) is 0.